The van der Waals surface area contributed by atoms with Crippen LogP contribution in [0.15, 0.2) is 24.3 Å². The predicted molar refractivity (Wildman–Crippen MR) is 55.0 cm³/mol. The summed E-state index contributed by atoms with van der Waals surface area (Å²) in [5.74, 6) is 0. The van der Waals surface area contributed by atoms with Crippen molar-refractivity contribution in [2.75, 3.05) is 6.61 Å². The average molecular weight is 192 g/mol. The molecule has 1 aromatic rings. The van der Waals surface area contributed by atoms with Crippen molar-refractivity contribution in [3.8, 4) is 0 Å². The van der Waals surface area contributed by atoms with E-state index in [4.69, 9.17) is 4.74 Å². The highest BCUT2D eigenvalue weighted by Gasteiger charge is 2.41. The van der Waals surface area contributed by atoms with Crippen LogP contribution in [0.25, 0.3) is 0 Å². The predicted octanol–water partition coefficient (Wildman–Crippen LogP) is 2.16. The molecule has 1 heterocycles. The summed E-state index contributed by atoms with van der Waals surface area (Å²) < 4.78 is 5.35. The molecular weight excluding hydrogens is 176 g/mol. The fourth-order valence-electron chi connectivity index (χ4n) is 1.51. The van der Waals surface area contributed by atoms with E-state index >= 15 is 0 Å². The number of hydrogen-bond acceptors (Lipinski definition) is 2. The van der Waals surface area contributed by atoms with Crippen LogP contribution in [-0.2, 0) is 15.9 Å². The third-order valence-corrected chi connectivity index (χ3v) is 2.78. The lowest BCUT2D eigenvalue weighted by Crippen LogP contribution is -2.15. The van der Waals surface area contributed by atoms with E-state index in [0.29, 0.717) is 0 Å². The number of rotatable bonds is 2. The van der Waals surface area contributed by atoms with Crippen molar-refractivity contribution in [3.05, 3.63) is 35.4 Å². The van der Waals surface area contributed by atoms with Crippen LogP contribution in [0.2, 0.25) is 0 Å². The van der Waals surface area contributed by atoms with Crippen LogP contribution in [0.1, 0.15) is 31.9 Å². The number of ether oxygens (including phenoxy) is 1. The molecule has 1 saturated heterocycles. The first-order valence-corrected chi connectivity index (χ1v) is 4.89. The zero-order valence-corrected chi connectivity index (χ0v) is 8.87. The van der Waals surface area contributed by atoms with Crippen LogP contribution in [0.3, 0.4) is 0 Å². The van der Waals surface area contributed by atoms with E-state index in [1.165, 1.54) is 5.56 Å². The second-order valence-electron chi connectivity index (χ2n) is 4.66. The monoisotopic (exact) mass is 192 g/mol. The molecule has 14 heavy (non-hydrogen) atoms. The van der Waals surface area contributed by atoms with E-state index in [2.05, 4.69) is 6.92 Å². The van der Waals surface area contributed by atoms with E-state index in [1.54, 1.807) is 13.8 Å². The fraction of sp³-hybridized carbons (Fsp3) is 0.500. The molecule has 1 aliphatic rings. The molecule has 1 fully saturated rings. The zero-order valence-electron chi connectivity index (χ0n) is 8.87. The quantitative estimate of drug-likeness (QED) is 0.728. The Kier molecular flexibility index (Phi) is 1.95. The topological polar surface area (TPSA) is 32.8 Å². The van der Waals surface area contributed by atoms with Gasteiger partial charge in [-0.1, -0.05) is 24.3 Å². The van der Waals surface area contributed by atoms with Gasteiger partial charge in [0.25, 0.3) is 0 Å². The van der Waals surface area contributed by atoms with Crippen LogP contribution in [-0.4, -0.2) is 11.7 Å². The summed E-state index contributed by atoms with van der Waals surface area (Å²) in [4.78, 5) is 0. The molecule has 1 aliphatic heterocycles. The minimum Gasteiger partial charge on any atom is -0.386 e. The smallest absolute Gasteiger partial charge is 0.114 e. The van der Waals surface area contributed by atoms with Gasteiger partial charge in [0.05, 0.1) is 12.2 Å². The van der Waals surface area contributed by atoms with Crippen LogP contribution in [0, 0.1) is 0 Å². The van der Waals surface area contributed by atoms with E-state index in [1.807, 2.05) is 24.3 Å². The summed E-state index contributed by atoms with van der Waals surface area (Å²) in [6, 6.07) is 7.98. The first kappa shape index (κ1) is 9.69. The van der Waals surface area contributed by atoms with Crippen LogP contribution in [0.4, 0.5) is 0 Å². The molecule has 0 saturated carbocycles. The molecule has 0 aliphatic carbocycles. The van der Waals surface area contributed by atoms with Crippen molar-refractivity contribution in [1.29, 1.82) is 0 Å². The van der Waals surface area contributed by atoms with E-state index in [0.717, 1.165) is 12.2 Å². The van der Waals surface area contributed by atoms with Gasteiger partial charge >= 0.3 is 0 Å². The van der Waals surface area contributed by atoms with Gasteiger partial charge in [-0.25, -0.2) is 0 Å². The average Bonchev–Trinajstić information content (AvgIpc) is 2.84. The molecule has 0 bridgehead atoms. The summed E-state index contributed by atoms with van der Waals surface area (Å²) in [5, 5.41) is 9.77. The Hall–Kier alpha value is -0.860. The Bertz CT molecular complexity index is 304. The highest BCUT2D eigenvalue weighted by Crippen LogP contribution is 2.38. The second kappa shape index (κ2) is 2.81. The molecule has 76 valence electrons. The van der Waals surface area contributed by atoms with Crippen molar-refractivity contribution in [3.63, 3.8) is 0 Å². The van der Waals surface area contributed by atoms with Gasteiger partial charge < -0.3 is 9.84 Å². The Morgan fingerprint density at radius 2 is 1.79 bits per heavy atom. The molecular formula is C12H16O2. The highest BCUT2D eigenvalue weighted by atomic mass is 16.6. The minimum absolute atomic E-state index is 0.0713. The summed E-state index contributed by atoms with van der Waals surface area (Å²) >= 11 is 0. The largest absolute Gasteiger partial charge is 0.386 e. The number of epoxide rings is 1. The number of benzene rings is 1. The maximum atomic E-state index is 9.77. The van der Waals surface area contributed by atoms with Crippen molar-refractivity contribution >= 4 is 0 Å². The minimum atomic E-state index is -0.760. The Morgan fingerprint density at radius 3 is 2.14 bits per heavy atom. The third-order valence-electron chi connectivity index (χ3n) is 2.78. The van der Waals surface area contributed by atoms with E-state index in [9.17, 15) is 5.11 Å². The van der Waals surface area contributed by atoms with Crippen LogP contribution >= 0.6 is 0 Å². The number of aliphatic hydroxyl groups is 1. The van der Waals surface area contributed by atoms with Crippen molar-refractivity contribution in [2.24, 2.45) is 0 Å². The molecule has 1 aromatic carbocycles. The molecule has 0 amide bonds. The Morgan fingerprint density at radius 1 is 1.29 bits per heavy atom. The van der Waals surface area contributed by atoms with Gasteiger partial charge in [-0.05, 0) is 31.9 Å². The maximum Gasteiger partial charge on any atom is 0.114 e. The van der Waals surface area contributed by atoms with Gasteiger partial charge in [0, 0.05) is 0 Å². The molecule has 1 atom stereocenters. The van der Waals surface area contributed by atoms with Crippen molar-refractivity contribution < 1.29 is 9.84 Å². The normalized spacial score (nSPS) is 26.3. The lowest BCUT2D eigenvalue weighted by atomic mass is 9.94. The summed E-state index contributed by atoms with van der Waals surface area (Å²) in [7, 11) is 0. The van der Waals surface area contributed by atoms with Gasteiger partial charge in [-0.15, -0.1) is 0 Å². The lowest BCUT2D eigenvalue weighted by molar-refractivity contribution is 0.0785. The van der Waals surface area contributed by atoms with E-state index in [-0.39, 0.29) is 5.60 Å². The lowest BCUT2D eigenvalue weighted by Gasteiger charge is -2.18. The summed E-state index contributed by atoms with van der Waals surface area (Å²) in [6.07, 6.45) is 0. The van der Waals surface area contributed by atoms with E-state index < -0.39 is 5.60 Å². The second-order valence-corrected chi connectivity index (χ2v) is 4.66. The zero-order chi connectivity index (χ0) is 10.4. The Balaban J connectivity index is 2.27. The Labute approximate surface area is 84.5 Å². The van der Waals surface area contributed by atoms with Gasteiger partial charge in [-0.2, -0.15) is 0 Å². The maximum absolute atomic E-state index is 9.77. The first-order chi connectivity index (χ1) is 6.42. The summed E-state index contributed by atoms with van der Waals surface area (Å²) in [5.41, 5.74) is 1.29. The molecule has 0 aromatic heterocycles. The molecule has 2 heteroatoms. The first-order valence-electron chi connectivity index (χ1n) is 4.89. The van der Waals surface area contributed by atoms with Gasteiger partial charge in [0.15, 0.2) is 0 Å². The summed E-state index contributed by atoms with van der Waals surface area (Å²) in [6.45, 7) is 6.45. The SMILES string of the molecule is CC(C)(O)c1ccc(C2(C)CO2)cc1. The number of hydrogen-bond donors (Lipinski definition) is 1. The molecule has 0 spiro atoms. The van der Waals surface area contributed by atoms with Gasteiger partial charge in [0.1, 0.15) is 5.60 Å². The van der Waals surface area contributed by atoms with Crippen molar-refractivity contribution in [2.45, 2.75) is 32.0 Å². The molecule has 0 radical (unpaired) electrons. The third kappa shape index (κ3) is 1.68. The highest BCUT2D eigenvalue weighted by molar-refractivity contribution is 5.31. The molecule has 2 nitrogen and oxygen atoms in total. The van der Waals surface area contributed by atoms with Gasteiger partial charge in [-0.3, -0.25) is 0 Å². The van der Waals surface area contributed by atoms with Gasteiger partial charge in [0.2, 0.25) is 0 Å². The van der Waals surface area contributed by atoms with Crippen molar-refractivity contribution in [1.82, 2.24) is 0 Å². The fourth-order valence-corrected chi connectivity index (χ4v) is 1.51. The molecule has 1 unspecified atom stereocenters. The molecule has 2 rings (SSSR count). The van der Waals surface area contributed by atoms with Crippen LogP contribution in [0.5, 0.6) is 0 Å². The standard InChI is InChI=1S/C12H16O2/c1-11(2,13)9-4-6-10(7-5-9)12(3)8-14-12/h4-7,13H,8H2,1-3H3. The van der Waals surface area contributed by atoms with Crippen LogP contribution < -0.4 is 0 Å². The molecule has 1 N–H and O–H groups in total.